The SMILES string of the molecule is O=[N+]([O-])c1cnn(C2CCc3ccccc32)c1. The molecular weight excluding hydrogens is 218 g/mol. The van der Waals surface area contributed by atoms with Crippen molar-refractivity contribution in [1.29, 1.82) is 0 Å². The van der Waals surface area contributed by atoms with Crippen LogP contribution in [-0.2, 0) is 6.42 Å². The summed E-state index contributed by atoms with van der Waals surface area (Å²) in [4.78, 5) is 10.2. The second-order valence-corrected chi connectivity index (χ2v) is 4.19. The van der Waals surface area contributed by atoms with E-state index in [1.807, 2.05) is 12.1 Å². The number of fused-ring (bicyclic) bond motifs is 1. The van der Waals surface area contributed by atoms with Gasteiger partial charge in [-0.15, -0.1) is 0 Å². The van der Waals surface area contributed by atoms with Crippen molar-refractivity contribution in [3.05, 3.63) is 57.9 Å². The smallest absolute Gasteiger partial charge is 0.258 e. The maximum absolute atomic E-state index is 10.6. The van der Waals surface area contributed by atoms with Crippen molar-refractivity contribution in [2.24, 2.45) is 0 Å². The lowest BCUT2D eigenvalue weighted by Crippen LogP contribution is -2.07. The van der Waals surface area contributed by atoms with Gasteiger partial charge in [-0.1, -0.05) is 24.3 Å². The molecule has 0 fully saturated rings. The molecule has 5 heteroatoms. The van der Waals surface area contributed by atoms with Crippen LogP contribution in [0, 0.1) is 10.1 Å². The number of nitrogens with zero attached hydrogens (tertiary/aromatic N) is 3. The van der Waals surface area contributed by atoms with E-state index in [2.05, 4.69) is 17.2 Å². The predicted octanol–water partition coefficient (Wildman–Crippen LogP) is 2.33. The van der Waals surface area contributed by atoms with Gasteiger partial charge in [-0.25, -0.2) is 0 Å². The Labute approximate surface area is 97.8 Å². The molecule has 0 aliphatic heterocycles. The first-order valence-electron chi connectivity index (χ1n) is 5.52. The Morgan fingerprint density at radius 3 is 3.00 bits per heavy atom. The molecule has 0 N–H and O–H groups in total. The van der Waals surface area contributed by atoms with Gasteiger partial charge in [-0.05, 0) is 24.0 Å². The van der Waals surface area contributed by atoms with E-state index >= 15 is 0 Å². The highest BCUT2D eigenvalue weighted by molar-refractivity contribution is 5.35. The second kappa shape index (κ2) is 3.69. The number of rotatable bonds is 2. The number of aromatic nitrogens is 2. The van der Waals surface area contributed by atoms with Crippen molar-refractivity contribution in [2.75, 3.05) is 0 Å². The molecule has 1 aliphatic carbocycles. The number of hydrogen-bond donors (Lipinski definition) is 0. The van der Waals surface area contributed by atoms with Gasteiger partial charge in [0.2, 0.25) is 0 Å². The van der Waals surface area contributed by atoms with Crippen LogP contribution >= 0.6 is 0 Å². The standard InChI is InChI=1S/C12H11N3O2/c16-15(17)10-7-13-14(8-10)12-6-5-9-3-1-2-4-11(9)12/h1-4,7-8,12H,5-6H2. The normalized spacial score (nSPS) is 18.0. The van der Waals surface area contributed by atoms with Crippen molar-refractivity contribution in [3.63, 3.8) is 0 Å². The van der Waals surface area contributed by atoms with E-state index in [1.165, 1.54) is 23.5 Å². The molecule has 2 aromatic rings. The Kier molecular flexibility index (Phi) is 2.18. The lowest BCUT2D eigenvalue weighted by molar-refractivity contribution is -0.385. The largest absolute Gasteiger partial charge is 0.307 e. The molecule has 1 aliphatic rings. The third-order valence-electron chi connectivity index (χ3n) is 3.22. The highest BCUT2D eigenvalue weighted by Gasteiger charge is 2.25. The van der Waals surface area contributed by atoms with E-state index in [0.717, 1.165) is 12.8 Å². The lowest BCUT2D eigenvalue weighted by Gasteiger charge is -2.11. The molecule has 0 spiro atoms. The molecule has 0 amide bonds. The molecule has 17 heavy (non-hydrogen) atoms. The zero-order valence-corrected chi connectivity index (χ0v) is 9.11. The Bertz CT molecular complexity index is 577. The number of aryl methyl sites for hydroxylation is 1. The molecule has 1 aromatic carbocycles. The summed E-state index contributed by atoms with van der Waals surface area (Å²) in [5.74, 6) is 0. The lowest BCUT2D eigenvalue weighted by atomic mass is 10.1. The first-order valence-corrected chi connectivity index (χ1v) is 5.52. The van der Waals surface area contributed by atoms with Crippen LogP contribution in [0.1, 0.15) is 23.6 Å². The Morgan fingerprint density at radius 2 is 2.24 bits per heavy atom. The molecule has 1 heterocycles. The average molecular weight is 229 g/mol. The maximum atomic E-state index is 10.6. The van der Waals surface area contributed by atoms with Crippen molar-refractivity contribution >= 4 is 5.69 Å². The molecule has 0 bridgehead atoms. The van der Waals surface area contributed by atoms with Gasteiger partial charge >= 0.3 is 5.69 Å². The Balaban J connectivity index is 1.98. The fourth-order valence-electron chi connectivity index (χ4n) is 2.40. The van der Waals surface area contributed by atoms with Crippen LogP contribution in [0.2, 0.25) is 0 Å². The molecule has 5 nitrogen and oxygen atoms in total. The summed E-state index contributed by atoms with van der Waals surface area (Å²) in [6.07, 6.45) is 4.78. The Morgan fingerprint density at radius 1 is 1.41 bits per heavy atom. The van der Waals surface area contributed by atoms with E-state index in [1.54, 1.807) is 4.68 Å². The van der Waals surface area contributed by atoms with E-state index in [0.29, 0.717) is 0 Å². The molecule has 1 atom stereocenters. The fraction of sp³-hybridized carbons (Fsp3) is 0.250. The van der Waals surface area contributed by atoms with Gasteiger partial charge in [-0.2, -0.15) is 5.10 Å². The molecule has 1 aromatic heterocycles. The van der Waals surface area contributed by atoms with E-state index in [9.17, 15) is 10.1 Å². The minimum Gasteiger partial charge on any atom is -0.258 e. The summed E-state index contributed by atoms with van der Waals surface area (Å²) >= 11 is 0. The molecule has 86 valence electrons. The molecule has 0 radical (unpaired) electrons. The molecule has 0 saturated heterocycles. The summed E-state index contributed by atoms with van der Waals surface area (Å²) in [5, 5.41) is 14.7. The summed E-state index contributed by atoms with van der Waals surface area (Å²) in [6.45, 7) is 0. The van der Waals surface area contributed by atoms with Crippen molar-refractivity contribution < 1.29 is 4.92 Å². The second-order valence-electron chi connectivity index (χ2n) is 4.19. The topological polar surface area (TPSA) is 61.0 Å². The van der Waals surface area contributed by atoms with E-state index in [4.69, 9.17) is 0 Å². The van der Waals surface area contributed by atoms with Crippen LogP contribution < -0.4 is 0 Å². The van der Waals surface area contributed by atoms with Gasteiger partial charge in [0.1, 0.15) is 12.4 Å². The quantitative estimate of drug-likeness (QED) is 0.586. The minimum atomic E-state index is -0.412. The Hall–Kier alpha value is -2.17. The van der Waals surface area contributed by atoms with Crippen LogP contribution in [0.25, 0.3) is 0 Å². The minimum absolute atomic E-state index is 0.0504. The monoisotopic (exact) mass is 229 g/mol. The van der Waals surface area contributed by atoms with Crippen molar-refractivity contribution in [1.82, 2.24) is 9.78 Å². The van der Waals surface area contributed by atoms with E-state index in [-0.39, 0.29) is 11.7 Å². The molecular formula is C12H11N3O2. The van der Waals surface area contributed by atoms with Crippen LogP contribution in [0.15, 0.2) is 36.7 Å². The average Bonchev–Trinajstić information content (AvgIpc) is 2.95. The molecule has 3 rings (SSSR count). The van der Waals surface area contributed by atoms with Gasteiger partial charge in [-0.3, -0.25) is 14.8 Å². The third kappa shape index (κ3) is 1.60. The highest BCUT2D eigenvalue weighted by atomic mass is 16.6. The fourth-order valence-corrected chi connectivity index (χ4v) is 2.40. The summed E-state index contributed by atoms with van der Waals surface area (Å²) in [7, 11) is 0. The van der Waals surface area contributed by atoms with Crippen LogP contribution in [-0.4, -0.2) is 14.7 Å². The highest BCUT2D eigenvalue weighted by Crippen LogP contribution is 2.34. The number of nitro groups is 1. The van der Waals surface area contributed by atoms with Gasteiger partial charge in [0, 0.05) is 0 Å². The van der Waals surface area contributed by atoms with Gasteiger partial charge < -0.3 is 0 Å². The summed E-state index contributed by atoms with van der Waals surface area (Å²) in [5.41, 5.74) is 2.59. The number of hydrogen-bond acceptors (Lipinski definition) is 3. The first-order chi connectivity index (χ1) is 8.25. The third-order valence-corrected chi connectivity index (χ3v) is 3.22. The van der Waals surface area contributed by atoms with Gasteiger partial charge in [0.15, 0.2) is 0 Å². The van der Waals surface area contributed by atoms with Crippen LogP contribution in [0.3, 0.4) is 0 Å². The van der Waals surface area contributed by atoms with Gasteiger partial charge in [0.05, 0.1) is 11.0 Å². The summed E-state index contributed by atoms with van der Waals surface area (Å²) < 4.78 is 1.70. The molecule has 0 saturated carbocycles. The zero-order valence-electron chi connectivity index (χ0n) is 9.11. The maximum Gasteiger partial charge on any atom is 0.307 e. The van der Waals surface area contributed by atoms with Crippen LogP contribution in [0.4, 0.5) is 5.69 Å². The number of benzene rings is 1. The van der Waals surface area contributed by atoms with Crippen LogP contribution in [0.5, 0.6) is 0 Å². The molecule has 1 unspecified atom stereocenters. The van der Waals surface area contributed by atoms with Crippen molar-refractivity contribution in [3.8, 4) is 0 Å². The summed E-state index contributed by atoms with van der Waals surface area (Å²) in [6, 6.07) is 8.33. The first kappa shape index (κ1) is 10.0. The predicted molar refractivity (Wildman–Crippen MR) is 61.8 cm³/mol. The van der Waals surface area contributed by atoms with E-state index < -0.39 is 4.92 Å². The van der Waals surface area contributed by atoms with Gasteiger partial charge in [0.25, 0.3) is 0 Å². The zero-order chi connectivity index (χ0) is 11.8. The van der Waals surface area contributed by atoms with Crippen molar-refractivity contribution in [2.45, 2.75) is 18.9 Å².